The molecule has 0 saturated heterocycles. The van der Waals surface area contributed by atoms with Crippen molar-refractivity contribution in [3.8, 4) is 5.75 Å². The van der Waals surface area contributed by atoms with E-state index < -0.39 is 0 Å². The van der Waals surface area contributed by atoms with E-state index >= 15 is 0 Å². The number of benzene rings is 1. The van der Waals surface area contributed by atoms with E-state index in [1.807, 2.05) is 51.4 Å². The normalized spacial score (nSPS) is 9.75. The van der Waals surface area contributed by atoms with Crippen LogP contribution in [0.15, 0.2) is 29.3 Å². The maximum Gasteiger partial charge on any atom is 0.118 e. The summed E-state index contributed by atoms with van der Waals surface area (Å²) in [5.41, 5.74) is 1.10. The smallest absolute Gasteiger partial charge is 0.118 e. The van der Waals surface area contributed by atoms with Crippen LogP contribution in [0.5, 0.6) is 5.75 Å². The molecule has 3 heteroatoms. The predicted molar refractivity (Wildman–Crippen MR) is 70.7 cm³/mol. The summed E-state index contributed by atoms with van der Waals surface area (Å²) in [6, 6.07) is 7.84. The first kappa shape index (κ1) is 14.6. The molecule has 0 atom stereocenters. The third-order valence-corrected chi connectivity index (χ3v) is 1.85. The molecular weight excluding hydrogens is 200 g/mol. The lowest BCUT2D eigenvalue weighted by Gasteiger charge is -1.98. The molecule has 16 heavy (non-hydrogen) atoms. The fourth-order valence-electron chi connectivity index (χ4n) is 1.04. The average molecular weight is 222 g/mol. The highest BCUT2D eigenvalue weighted by Gasteiger charge is 1.89. The summed E-state index contributed by atoms with van der Waals surface area (Å²) in [4.78, 5) is 4.26. The van der Waals surface area contributed by atoms with Crippen LogP contribution in [0.3, 0.4) is 0 Å². The quantitative estimate of drug-likeness (QED) is 0.613. The first-order valence-electron chi connectivity index (χ1n) is 5.65. The van der Waals surface area contributed by atoms with Gasteiger partial charge in [0.1, 0.15) is 5.75 Å². The van der Waals surface area contributed by atoms with Crippen molar-refractivity contribution in [2.75, 3.05) is 27.2 Å². The molecule has 90 valence electrons. The van der Waals surface area contributed by atoms with E-state index in [1.54, 1.807) is 7.11 Å². The Labute approximate surface area is 98.6 Å². The third-order valence-electron chi connectivity index (χ3n) is 1.85. The van der Waals surface area contributed by atoms with Gasteiger partial charge in [-0.05, 0) is 36.9 Å². The fraction of sp³-hybridized carbons (Fsp3) is 0.462. The first-order valence-corrected chi connectivity index (χ1v) is 5.65. The van der Waals surface area contributed by atoms with E-state index in [0.717, 1.165) is 24.4 Å². The van der Waals surface area contributed by atoms with Gasteiger partial charge in [0, 0.05) is 12.8 Å². The van der Waals surface area contributed by atoms with Gasteiger partial charge in [-0.15, -0.1) is 0 Å². The van der Waals surface area contributed by atoms with Gasteiger partial charge in [0.05, 0.1) is 13.7 Å². The van der Waals surface area contributed by atoms with Crippen molar-refractivity contribution in [1.29, 1.82) is 0 Å². The molecule has 0 amide bonds. The largest absolute Gasteiger partial charge is 0.497 e. The zero-order valence-corrected chi connectivity index (χ0v) is 10.7. The average Bonchev–Trinajstić information content (AvgIpc) is 2.38. The Morgan fingerprint density at radius 1 is 1.25 bits per heavy atom. The molecule has 0 aliphatic carbocycles. The summed E-state index contributed by atoms with van der Waals surface area (Å²) in [7, 11) is 3.58. The lowest BCUT2D eigenvalue weighted by molar-refractivity contribution is 0.415. The van der Waals surface area contributed by atoms with Gasteiger partial charge < -0.3 is 10.1 Å². The minimum Gasteiger partial charge on any atom is -0.497 e. The number of hydrogen-bond donors (Lipinski definition) is 1. The molecule has 0 saturated carbocycles. The summed E-state index contributed by atoms with van der Waals surface area (Å²) in [6.07, 6.45) is 1.87. The van der Waals surface area contributed by atoms with E-state index in [9.17, 15) is 0 Å². The molecule has 0 aromatic heterocycles. The lowest BCUT2D eigenvalue weighted by atomic mass is 10.2. The van der Waals surface area contributed by atoms with Gasteiger partial charge in [0.2, 0.25) is 0 Å². The Balaban J connectivity index is 0.00000106. The monoisotopic (exact) mass is 222 g/mol. The third kappa shape index (κ3) is 6.19. The topological polar surface area (TPSA) is 33.6 Å². The Morgan fingerprint density at radius 3 is 2.38 bits per heavy atom. The molecule has 1 aromatic rings. The van der Waals surface area contributed by atoms with Gasteiger partial charge in [-0.25, -0.2) is 0 Å². The van der Waals surface area contributed by atoms with Crippen molar-refractivity contribution in [1.82, 2.24) is 5.32 Å². The van der Waals surface area contributed by atoms with Crippen LogP contribution in [-0.4, -0.2) is 33.5 Å². The van der Waals surface area contributed by atoms with Gasteiger partial charge >= 0.3 is 0 Å². The minimum absolute atomic E-state index is 0.808. The number of methoxy groups -OCH3 is 1. The molecule has 0 aliphatic heterocycles. The van der Waals surface area contributed by atoms with Gasteiger partial charge in [-0.1, -0.05) is 13.8 Å². The number of aliphatic imine (C=N–C) groups is 1. The molecule has 0 fully saturated rings. The van der Waals surface area contributed by atoms with Gasteiger partial charge in [0.15, 0.2) is 0 Å². The zero-order chi connectivity index (χ0) is 12.2. The summed E-state index contributed by atoms with van der Waals surface area (Å²) >= 11 is 0. The molecule has 1 aromatic carbocycles. The Bertz CT molecular complexity index is 280. The summed E-state index contributed by atoms with van der Waals surface area (Å²) in [6.45, 7) is 5.72. The predicted octanol–water partition coefficient (Wildman–Crippen LogP) is 2.36. The Kier molecular flexibility index (Phi) is 9.32. The molecule has 1 rings (SSSR count). The Morgan fingerprint density at radius 2 is 1.88 bits per heavy atom. The van der Waals surface area contributed by atoms with Crippen LogP contribution in [-0.2, 0) is 0 Å². The fourth-order valence-corrected chi connectivity index (χ4v) is 1.04. The van der Waals surface area contributed by atoms with Crippen molar-refractivity contribution in [3.05, 3.63) is 29.8 Å². The molecule has 0 unspecified atom stereocenters. The highest BCUT2D eigenvalue weighted by atomic mass is 16.5. The SMILES string of the molecule is CC.CNCCN=Cc1ccc(OC)cc1. The molecule has 1 N–H and O–H groups in total. The van der Waals surface area contributed by atoms with Gasteiger partial charge in [-0.2, -0.15) is 0 Å². The lowest BCUT2D eigenvalue weighted by Crippen LogP contribution is -2.10. The molecule has 0 spiro atoms. The highest BCUT2D eigenvalue weighted by Crippen LogP contribution is 2.09. The molecular formula is C13H22N2O. The second-order valence-corrected chi connectivity index (χ2v) is 2.91. The van der Waals surface area contributed by atoms with Gasteiger partial charge in [0.25, 0.3) is 0 Å². The summed E-state index contributed by atoms with van der Waals surface area (Å²) in [5, 5.41) is 3.04. The highest BCUT2D eigenvalue weighted by molar-refractivity contribution is 5.79. The number of hydrogen-bond acceptors (Lipinski definition) is 3. The maximum atomic E-state index is 5.06. The molecule has 0 aliphatic rings. The van der Waals surface area contributed by atoms with Gasteiger partial charge in [-0.3, -0.25) is 4.99 Å². The molecule has 0 radical (unpaired) electrons. The van der Waals surface area contributed by atoms with Crippen LogP contribution in [0.1, 0.15) is 19.4 Å². The van der Waals surface area contributed by atoms with E-state index in [4.69, 9.17) is 4.74 Å². The van der Waals surface area contributed by atoms with Crippen molar-refractivity contribution in [2.45, 2.75) is 13.8 Å². The molecule has 0 bridgehead atoms. The van der Waals surface area contributed by atoms with E-state index in [-0.39, 0.29) is 0 Å². The molecule has 3 nitrogen and oxygen atoms in total. The van der Waals surface area contributed by atoms with Crippen molar-refractivity contribution >= 4 is 6.21 Å². The van der Waals surface area contributed by atoms with Crippen LogP contribution in [0.25, 0.3) is 0 Å². The second kappa shape index (κ2) is 10.2. The number of likely N-dealkylation sites (N-methyl/N-ethyl adjacent to an activating group) is 1. The number of nitrogens with one attached hydrogen (secondary N) is 1. The van der Waals surface area contributed by atoms with Crippen LogP contribution in [0, 0.1) is 0 Å². The number of rotatable bonds is 5. The minimum atomic E-state index is 0.808. The van der Waals surface area contributed by atoms with Crippen molar-refractivity contribution < 1.29 is 4.74 Å². The van der Waals surface area contributed by atoms with E-state index in [2.05, 4.69) is 10.3 Å². The summed E-state index contributed by atoms with van der Waals surface area (Å²) < 4.78 is 5.06. The zero-order valence-electron chi connectivity index (χ0n) is 10.7. The maximum absolute atomic E-state index is 5.06. The van der Waals surface area contributed by atoms with E-state index in [0.29, 0.717) is 0 Å². The Hall–Kier alpha value is -1.35. The summed E-state index contributed by atoms with van der Waals surface area (Å²) in [5.74, 6) is 0.873. The van der Waals surface area contributed by atoms with Crippen molar-refractivity contribution in [3.63, 3.8) is 0 Å². The van der Waals surface area contributed by atoms with Crippen LogP contribution >= 0.6 is 0 Å². The number of nitrogens with zero attached hydrogens (tertiary/aromatic N) is 1. The second-order valence-electron chi connectivity index (χ2n) is 2.91. The first-order chi connectivity index (χ1) is 7.86. The number of ether oxygens (including phenoxy) is 1. The van der Waals surface area contributed by atoms with Crippen LogP contribution in [0.4, 0.5) is 0 Å². The van der Waals surface area contributed by atoms with E-state index in [1.165, 1.54) is 0 Å². The van der Waals surface area contributed by atoms with Crippen LogP contribution < -0.4 is 10.1 Å². The standard InChI is InChI=1S/C11H16N2O.C2H6/c1-12-7-8-13-9-10-3-5-11(14-2)6-4-10;1-2/h3-6,9,12H,7-8H2,1-2H3;1-2H3. The van der Waals surface area contributed by atoms with Crippen LogP contribution in [0.2, 0.25) is 0 Å². The van der Waals surface area contributed by atoms with Crippen molar-refractivity contribution in [2.24, 2.45) is 4.99 Å². The molecule has 0 heterocycles.